The maximum absolute atomic E-state index is 12.8. The van der Waals surface area contributed by atoms with Crippen molar-refractivity contribution in [3.63, 3.8) is 0 Å². The van der Waals surface area contributed by atoms with Crippen LogP contribution in [0.25, 0.3) is 11.0 Å². The first-order valence-corrected chi connectivity index (χ1v) is 10.3. The predicted octanol–water partition coefficient (Wildman–Crippen LogP) is 1.08. The number of aromatic amines is 1. The summed E-state index contributed by atoms with van der Waals surface area (Å²) < 4.78 is 0. The average molecular weight is 400 g/mol. The lowest BCUT2D eigenvalue weighted by Gasteiger charge is -2.25. The van der Waals surface area contributed by atoms with Gasteiger partial charge in [-0.05, 0) is 18.9 Å². The van der Waals surface area contributed by atoms with Gasteiger partial charge in [-0.1, -0.05) is 11.8 Å². The third kappa shape index (κ3) is 3.01. The number of thioether (sulfide) groups is 1. The highest BCUT2D eigenvalue weighted by atomic mass is 32.2. The van der Waals surface area contributed by atoms with Crippen LogP contribution in [0.15, 0.2) is 18.6 Å². The van der Waals surface area contributed by atoms with Crippen molar-refractivity contribution in [2.75, 3.05) is 43.4 Å². The zero-order valence-electron chi connectivity index (χ0n) is 15.3. The number of amides is 3. The van der Waals surface area contributed by atoms with Gasteiger partial charge < -0.3 is 14.8 Å². The maximum Gasteiger partial charge on any atom is 0.289 e. The molecule has 0 bridgehead atoms. The first-order chi connectivity index (χ1) is 13.5. The standard InChI is InChI=1S/C18H20N6O3S/c25-13(7-24-14(26)8-28-17(24)27)22-5-6-23(10-18(9-22)2-3-18)16-12-1-4-19-15(12)20-11-21-16/h1,4,11H,2-3,5-10H2,(H,19,20,21). The molecule has 3 aliphatic rings. The zero-order valence-corrected chi connectivity index (χ0v) is 16.1. The fourth-order valence-electron chi connectivity index (χ4n) is 4.03. The van der Waals surface area contributed by atoms with Crippen molar-refractivity contribution in [1.29, 1.82) is 0 Å². The van der Waals surface area contributed by atoms with Gasteiger partial charge in [0.25, 0.3) is 5.24 Å². The summed E-state index contributed by atoms with van der Waals surface area (Å²) in [5.41, 5.74) is 0.864. The van der Waals surface area contributed by atoms with Gasteiger partial charge in [-0.25, -0.2) is 9.97 Å². The molecule has 3 fully saturated rings. The number of fused-ring (bicyclic) bond motifs is 1. The van der Waals surface area contributed by atoms with Crippen LogP contribution in [-0.2, 0) is 9.59 Å². The van der Waals surface area contributed by atoms with Crippen LogP contribution in [0.5, 0.6) is 0 Å². The molecule has 10 heteroatoms. The molecule has 5 rings (SSSR count). The topological polar surface area (TPSA) is 102 Å². The Bertz CT molecular complexity index is 955. The molecule has 0 aromatic carbocycles. The van der Waals surface area contributed by atoms with Crippen LogP contribution in [0.4, 0.5) is 10.6 Å². The lowest BCUT2D eigenvalue weighted by molar-refractivity contribution is -0.136. The van der Waals surface area contributed by atoms with Gasteiger partial charge in [0, 0.05) is 37.8 Å². The molecule has 146 valence electrons. The Kier molecular flexibility index (Phi) is 4.04. The number of nitrogens with zero attached hydrogens (tertiary/aromatic N) is 5. The Morgan fingerprint density at radius 1 is 1.21 bits per heavy atom. The quantitative estimate of drug-likeness (QED) is 0.822. The lowest BCUT2D eigenvalue weighted by atomic mass is 10.1. The number of aromatic nitrogens is 3. The molecule has 0 atom stereocenters. The Morgan fingerprint density at radius 2 is 2.07 bits per heavy atom. The first kappa shape index (κ1) is 17.5. The van der Waals surface area contributed by atoms with E-state index in [1.165, 1.54) is 0 Å². The fourth-order valence-corrected chi connectivity index (χ4v) is 4.75. The third-order valence-electron chi connectivity index (χ3n) is 5.77. The second kappa shape index (κ2) is 6.47. The highest BCUT2D eigenvalue weighted by Gasteiger charge is 2.48. The third-order valence-corrected chi connectivity index (χ3v) is 6.63. The zero-order chi connectivity index (χ0) is 19.3. The van der Waals surface area contributed by atoms with Crippen molar-refractivity contribution in [2.45, 2.75) is 12.8 Å². The largest absolute Gasteiger partial charge is 0.354 e. The number of carbonyl (C=O) groups is 3. The van der Waals surface area contributed by atoms with Crippen LogP contribution >= 0.6 is 11.8 Å². The van der Waals surface area contributed by atoms with Gasteiger partial charge in [0.15, 0.2) is 0 Å². The number of nitrogens with one attached hydrogen (secondary N) is 1. The SMILES string of the molecule is O=C(CN1C(=O)CSC1=O)N1CCN(c2ncnc3[nH]ccc23)CC2(CC2)C1. The smallest absolute Gasteiger partial charge is 0.289 e. The van der Waals surface area contributed by atoms with E-state index in [1.54, 1.807) is 6.33 Å². The molecular formula is C18H20N6O3S. The van der Waals surface area contributed by atoms with Crippen LogP contribution in [0.3, 0.4) is 0 Å². The summed E-state index contributed by atoms with van der Waals surface area (Å²) in [5, 5.41) is 0.648. The van der Waals surface area contributed by atoms with E-state index in [2.05, 4.69) is 19.9 Å². The van der Waals surface area contributed by atoms with Crippen molar-refractivity contribution in [3.05, 3.63) is 18.6 Å². The van der Waals surface area contributed by atoms with E-state index in [0.29, 0.717) is 19.6 Å². The molecule has 1 spiro atoms. The molecule has 2 aromatic heterocycles. The molecule has 1 aliphatic carbocycles. The number of anilines is 1. The van der Waals surface area contributed by atoms with Crippen LogP contribution in [-0.4, -0.2) is 80.3 Å². The summed E-state index contributed by atoms with van der Waals surface area (Å²) in [6.45, 7) is 2.54. The Hall–Kier alpha value is -2.62. The molecule has 9 nitrogen and oxygen atoms in total. The highest BCUT2D eigenvalue weighted by molar-refractivity contribution is 8.14. The second-order valence-electron chi connectivity index (χ2n) is 7.71. The minimum atomic E-state index is -0.327. The number of H-pyrrole nitrogens is 1. The summed E-state index contributed by atoms with van der Waals surface area (Å²) >= 11 is 0.959. The average Bonchev–Trinajstić information content (AvgIpc) is 3.22. The van der Waals surface area contributed by atoms with E-state index in [0.717, 1.165) is 52.9 Å². The number of carbonyl (C=O) groups excluding carboxylic acids is 3. The molecule has 2 saturated heterocycles. The van der Waals surface area contributed by atoms with Crippen molar-refractivity contribution in [1.82, 2.24) is 24.8 Å². The van der Waals surface area contributed by atoms with Crippen LogP contribution < -0.4 is 4.90 Å². The molecule has 1 N–H and O–H groups in total. The van der Waals surface area contributed by atoms with Gasteiger partial charge in [-0.2, -0.15) is 0 Å². The van der Waals surface area contributed by atoms with Crippen molar-refractivity contribution < 1.29 is 14.4 Å². The van der Waals surface area contributed by atoms with Crippen molar-refractivity contribution in [2.24, 2.45) is 5.41 Å². The van der Waals surface area contributed by atoms with Crippen LogP contribution in [0, 0.1) is 5.41 Å². The Morgan fingerprint density at radius 3 is 2.82 bits per heavy atom. The first-order valence-electron chi connectivity index (χ1n) is 9.33. The number of rotatable bonds is 3. The Labute approximate surface area is 165 Å². The van der Waals surface area contributed by atoms with Gasteiger partial charge in [0.2, 0.25) is 11.8 Å². The van der Waals surface area contributed by atoms with Gasteiger partial charge in [-0.15, -0.1) is 0 Å². The Balaban J connectivity index is 1.35. The van der Waals surface area contributed by atoms with E-state index in [-0.39, 0.29) is 34.8 Å². The number of imide groups is 1. The minimum absolute atomic E-state index is 0.0630. The van der Waals surface area contributed by atoms with Gasteiger partial charge in [0.1, 0.15) is 24.3 Å². The van der Waals surface area contributed by atoms with E-state index in [4.69, 9.17) is 0 Å². The fraction of sp³-hybridized carbons (Fsp3) is 0.500. The summed E-state index contributed by atoms with van der Waals surface area (Å²) in [4.78, 5) is 53.5. The monoisotopic (exact) mass is 400 g/mol. The van der Waals surface area contributed by atoms with Crippen LogP contribution in [0.1, 0.15) is 12.8 Å². The van der Waals surface area contributed by atoms with E-state index < -0.39 is 0 Å². The molecule has 28 heavy (non-hydrogen) atoms. The summed E-state index contributed by atoms with van der Waals surface area (Å²) in [6.07, 6.45) is 5.54. The maximum atomic E-state index is 12.8. The number of hydrogen-bond acceptors (Lipinski definition) is 7. The molecule has 2 aromatic rings. The highest BCUT2D eigenvalue weighted by Crippen LogP contribution is 2.48. The van der Waals surface area contributed by atoms with Crippen molar-refractivity contribution in [3.8, 4) is 0 Å². The van der Waals surface area contributed by atoms with E-state index >= 15 is 0 Å². The molecule has 3 amide bonds. The molecule has 1 saturated carbocycles. The molecule has 0 unspecified atom stereocenters. The van der Waals surface area contributed by atoms with E-state index in [1.807, 2.05) is 17.2 Å². The normalized spacial score (nSPS) is 21.6. The molecular weight excluding hydrogens is 380 g/mol. The second-order valence-corrected chi connectivity index (χ2v) is 8.64. The van der Waals surface area contributed by atoms with Gasteiger partial charge >= 0.3 is 0 Å². The van der Waals surface area contributed by atoms with Crippen LogP contribution in [0.2, 0.25) is 0 Å². The molecule has 0 radical (unpaired) electrons. The summed E-state index contributed by atoms with van der Waals surface area (Å²) in [5.74, 6) is 0.571. The van der Waals surface area contributed by atoms with Gasteiger partial charge in [-0.3, -0.25) is 19.3 Å². The van der Waals surface area contributed by atoms with E-state index in [9.17, 15) is 14.4 Å². The summed E-state index contributed by atoms with van der Waals surface area (Å²) in [6, 6.07) is 1.97. The lowest BCUT2D eigenvalue weighted by Crippen LogP contribution is -2.44. The predicted molar refractivity (Wildman–Crippen MR) is 104 cm³/mol. The summed E-state index contributed by atoms with van der Waals surface area (Å²) in [7, 11) is 0. The molecule has 4 heterocycles. The van der Waals surface area contributed by atoms with Gasteiger partial charge in [0.05, 0.1) is 11.1 Å². The van der Waals surface area contributed by atoms with Crippen molar-refractivity contribution >= 4 is 45.7 Å². The minimum Gasteiger partial charge on any atom is -0.354 e. The molecule has 2 aliphatic heterocycles. The number of hydrogen-bond donors (Lipinski definition) is 1.